The first kappa shape index (κ1) is 15.3. The van der Waals surface area contributed by atoms with E-state index in [0.29, 0.717) is 24.9 Å². The molecular weight excluding hydrogens is 261 g/mol. The summed E-state index contributed by atoms with van der Waals surface area (Å²) < 4.78 is 37.5. The van der Waals surface area contributed by atoms with Crippen LogP contribution in [-0.2, 0) is 6.18 Å². The molecule has 0 saturated heterocycles. The fourth-order valence-electron chi connectivity index (χ4n) is 1.40. The molecule has 1 heterocycles. The molecule has 0 bridgehead atoms. The molecule has 7 heteroatoms. The number of nitrogens with zero attached hydrogens (tertiary/aromatic N) is 1. The minimum absolute atomic E-state index is 0.247. The van der Waals surface area contributed by atoms with Gasteiger partial charge < -0.3 is 10.4 Å². The van der Waals surface area contributed by atoms with Gasteiger partial charge in [0, 0.05) is 6.54 Å². The van der Waals surface area contributed by atoms with Crippen LogP contribution < -0.4 is 5.32 Å². The average molecular weight is 276 g/mol. The number of carbonyl (C=O) groups is 1. The molecule has 1 aromatic heterocycles. The smallest absolute Gasteiger partial charge is 0.433 e. The Morgan fingerprint density at radius 3 is 2.53 bits per heavy atom. The Bertz CT molecular complexity index is 459. The standard InChI is InChI=1S/C12H15F3N2O2/c1-7(2)5-6-16-10-8(11(18)19)3-4-9(17-10)12(13,14)15/h3-4,7H,5-6H2,1-2H3,(H,16,17)(H,18,19). The van der Waals surface area contributed by atoms with Gasteiger partial charge >= 0.3 is 12.1 Å². The Labute approximate surface area is 108 Å². The van der Waals surface area contributed by atoms with Gasteiger partial charge in [0.15, 0.2) is 0 Å². The predicted octanol–water partition coefficient (Wildman–Crippen LogP) is 3.26. The van der Waals surface area contributed by atoms with Crippen LogP contribution in [0.3, 0.4) is 0 Å². The normalized spacial score (nSPS) is 11.7. The van der Waals surface area contributed by atoms with Crippen molar-refractivity contribution in [1.82, 2.24) is 4.98 Å². The fourth-order valence-corrected chi connectivity index (χ4v) is 1.40. The number of anilines is 1. The number of aromatic carboxylic acids is 1. The predicted molar refractivity (Wildman–Crippen MR) is 64.1 cm³/mol. The lowest BCUT2D eigenvalue weighted by molar-refractivity contribution is -0.141. The topological polar surface area (TPSA) is 62.2 Å². The molecule has 0 fully saturated rings. The summed E-state index contributed by atoms with van der Waals surface area (Å²) in [6.45, 7) is 4.28. The summed E-state index contributed by atoms with van der Waals surface area (Å²) in [7, 11) is 0. The van der Waals surface area contributed by atoms with Crippen molar-refractivity contribution in [2.24, 2.45) is 5.92 Å². The van der Waals surface area contributed by atoms with E-state index in [1.807, 2.05) is 13.8 Å². The third-order valence-corrected chi connectivity index (χ3v) is 2.43. The van der Waals surface area contributed by atoms with Crippen molar-refractivity contribution in [2.75, 3.05) is 11.9 Å². The Morgan fingerprint density at radius 1 is 1.42 bits per heavy atom. The van der Waals surface area contributed by atoms with Crippen LogP contribution in [0.25, 0.3) is 0 Å². The molecule has 1 rings (SSSR count). The highest BCUT2D eigenvalue weighted by molar-refractivity contribution is 5.93. The first-order valence-electron chi connectivity index (χ1n) is 5.77. The lowest BCUT2D eigenvalue weighted by atomic mass is 10.1. The third-order valence-electron chi connectivity index (χ3n) is 2.43. The second kappa shape index (κ2) is 5.90. The lowest BCUT2D eigenvalue weighted by Gasteiger charge is -2.12. The van der Waals surface area contributed by atoms with Crippen molar-refractivity contribution >= 4 is 11.8 Å². The minimum Gasteiger partial charge on any atom is -0.478 e. The van der Waals surface area contributed by atoms with Gasteiger partial charge in [0.2, 0.25) is 0 Å². The van der Waals surface area contributed by atoms with Crippen molar-refractivity contribution < 1.29 is 23.1 Å². The number of carboxylic acids is 1. The zero-order valence-electron chi connectivity index (χ0n) is 10.6. The van der Waals surface area contributed by atoms with Crippen LogP contribution in [0.1, 0.15) is 36.3 Å². The van der Waals surface area contributed by atoms with Gasteiger partial charge in [0.25, 0.3) is 0 Å². The molecule has 106 valence electrons. The van der Waals surface area contributed by atoms with E-state index >= 15 is 0 Å². The molecular formula is C12H15F3N2O2. The number of halogens is 3. The Hall–Kier alpha value is -1.79. The zero-order valence-corrected chi connectivity index (χ0v) is 10.6. The van der Waals surface area contributed by atoms with Crippen LogP contribution >= 0.6 is 0 Å². The van der Waals surface area contributed by atoms with Crippen molar-refractivity contribution in [3.8, 4) is 0 Å². The maximum atomic E-state index is 12.5. The highest BCUT2D eigenvalue weighted by atomic mass is 19.4. The fraction of sp³-hybridized carbons (Fsp3) is 0.500. The summed E-state index contributed by atoms with van der Waals surface area (Å²) in [6.07, 6.45) is -3.89. The van der Waals surface area contributed by atoms with Crippen LogP contribution in [0.2, 0.25) is 0 Å². The number of hydrogen-bond donors (Lipinski definition) is 2. The van der Waals surface area contributed by atoms with Gasteiger partial charge in [-0.25, -0.2) is 9.78 Å². The van der Waals surface area contributed by atoms with Crippen LogP contribution in [-0.4, -0.2) is 22.6 Å². The quantitative estimate of drug-likeness (QED) is 0.866. The van der Waals surface area contributed by atoms with E-state index in [-0.39, 0.29) is 11.4 Å². The van der Waals surface area contributed by atoms with E-state index in [0.717, 1.165) is 6.07 Å². The maximum absolute atomic E-state index is 12.5. The van der Waals surface area contributed by atoms with Gasteiger partial charge in [0.05, 0.1) is 0 Å². The van der Waals surface area contributed by atoms with Crippen molar-refractivity contribution in [2.45, 2.75) is 26.4 Å². The van der Waals surface area contributed by atoms with E-state index in [4.69, 9.17) is 5.11 Å². The molecule has 0 spiro atoms. The van der Waals surface area contributed by atoms with Crippen LogP contribution in [0.5, 0.6) is 0 Å². The summed E-state index contributed by atoms with van der Waals surface area (Å²) in [6, 6.07) is 1.58. The molecule has 0 atom stereocenters. The summed E-state index contributed by atoms with van der Waals surface area (Å²) >= 11 is 0. The molecule has 0 radical (unpaired) electrons. The maximum Gasteiger partial charge on any atom is 0.433 e. The van der Waals surface area contributed by atoms with Crippen molar-refractivity contribution in [3.05, 3.63) is 23.4 Å². The lowest BCUT2D eigenvalue weighted by Crippen LogP contribution is -2.15. The molecule has 0 saturated carbocycles. The molecule has 1 aromatic rings. The SMILES string of the molecule is CC(C)CCNc1nc(C(F)(F)F)ccc1C(=O)O. The van der Waals surface area contributed by atoms with Crippen LogP contribution in [0, 0.1) is 5.92 Å². The molecule has 4 nitrogen and oxygen atoms in total. The van der Waals surface area contributed by atoms with E-state index in [1.54, 1.807) is 0 Å². The number of nitrogens with one attached hydrogen (secondary N) is 1. The van der Waals surface area contributed by atoms with Gasteiger partial charge in [-0.3, -0.25) is 0 Å². The average Bonchev–Trinajstić information content (AvgIpc) is 2.26. The summed E-state index contributed by atoms with van der Waals surface area (Å²) in [5, 5.41) is 11.6. The highest BCUT2D eigenvalue weighted by Crippen LogP contribution is 2.29. The second-order valence-electron chi connectivity index (χ2n) is 4.50. The van der Waals surface area contributed by atoms with Gasteiger partial charge in [-0.1, -0.05) is 13.8 Å². The molecule has 0 aliphatic heterocycles. The zero-order chi connectivity index (χ0) is 14.6. The first-order chi connectivity index (χ1) is 8.71. The van der Waals surface area contributed by atoms with Crippen molar-refractivity contribution in [1.29, 1.82) is 0 Å². The Balaban J connectivity index is 2.99. The van der Waals surface area contributed by atoms with Crippen LogP contribution in [0.4, 0.5) is 19.0 Å². The summed E-state index contributed by atoms with van der Waals surface area (Å²) in [4.78, 5) is 14.3. The number of alkyl halides is 3. The second-order valence-corrected chi connectivity index (χ2v) is 4.50. The van der Waals surface area contributed by atoms with Gasteiger partial charge in [-0.15, -0.1) is 0 Å². The van der Waals surface area contributed by atoms with E-state index < -0.39 is 17.8 Å². The Morgan fingerprint density at radius 2 is 2.05 bits per heavy atom. The van der Waals surface area contributed by atoms with E-state index in [2.05, 4.69) is 10.3 Å². The summed E-state index contributed by atoms with van der Waals surface area (Å²) in [5.41, 5.74) is -1.37. The van der Waals surface area contributed by atoms with Crippen molar-refractivity contribution in [3.63, 3.8) is 0 Å². The number of aromatic nitrogens is 1. The molecule has 2 N–H and O–H groups in total. The van der Waals surface area contributed by atoms with E-state index in [1.165, 1.54) is 0 Å². The van der Waals surface area contributed by atoms with Crippen LogP contribution in [0.15, 0.2) is 12.1 Å². The minimum atomic E-state index is -4.59. The van der Waals surface area contributed by atoms with Gasteiger partial charge in [-0.05, 0) is 24.5 Å². The number of hydrogen-bond acceptors (Lipinski definition) is 3. The molecule has 0 aromatic carbocycles. The summed E-state index contributed by atoms with van der Waals surface area (Å²) in [5.74, 6) is -1.21. The molecule has 0 aliphatic carbocycles. The molecule has 0 aliphatic rings. The number of pyridine rings is 1. The first-order valence-corrected chi connectivity index (χ1v) is 5.77. The number of carboxylic acid groups (broad SMARTS) is 1. The third kappa shape index (κ3) is 4.42. The molecule has 0 unspecified atom stereocenters. The van der Waals surface area contributed by atoms with E-state index in [9.17, 15) is 18.0 Å². The number of rotatable bonds is 5. The van der Waals surface area contributed by atoms with Gasteiger partial charge in [-0.2, -0.15) is 13.2 Å². The van der Waals surface area contributed by atoms with Gasteiger partial charge in [0.1, 0.15) is 17.1 Å². The monoisotopic (exact) mass is 276 g/mol. The highest BCUT2D eigenvalue weighted by Gasteiger charge is 2.33. The Kier molecular flexibility index (Phi) is 4.74. The molecule has 19 heavy (non-hydrogen) atoms. The largest absolute Gasteiger partial charge is 0.478 e. The molecule has 0 amide bonds.